The number of phenolic OH excluding ortho intramolecular Hbond substituents is 1. The standard InChI is InChI=1S/C20H24N2O2/c1-14(2)17-10-8-16(9-11-17)12-15(3)13-21-22-20(24)18-6-4-5-7-19(18)23/h4-11,13-15,23H,12H2,1-3H3,(H,22,24). The molecule has 0 bridgehead atoms. The van der Waals surface area contributed by atoms with Crippen LogP contribution in [-0.2, 0) is 6.42 Å². The van der Waals surface area contributed by atoms with Gasteiger partial charge in [0, 0.05) is 6.21 Å². The zero-order valence-electron chi connectivity index (χ0n) is 14.4. The van der Waals surface area contributed by atoms with E-state index in [1.165, 1.54) is 17.2 Å². The highest BCUT2D eigenvalue weighted by atomic mass is 16.3. The SMILES string of the molecule is CC(C=NNC(=O)c1ccccc1O)Cc1ccc(C(C)C)cc1. The lowest BCUT2D eigenvalue weighted by molar-refractivity contribution is 0.0952. The first-order chi connectivity index (χ1) is 11.5. The van der Waals surface area contributed by atoms with Gasteiger partial charge in [-0.3, -0.25) is 4.79 Å². The molecule has 0 aliphatic rings. The second-order valence-corrected chi connectivity index (χ2v) is 6.31. The number of hydrogen-bond donors (Lipinski definition) is 2. The molecule has 1 atom stereocenters. The monoisotopic (exact) mass is 324 g/mol. The minimum Gasteiger partial charge on any atom is -0.507 e. The van der Waals surface area contributed by atoms with Crippen molar-refractivity contribution < 1.29 is 9.90 Å². The summed E-state index contributed by atoms with van der Waals surface area (Å²) in [4.78, 5) is 11.9. The average molecular weight is 324 g/mol. The molecule has 1 amide bonds. The summed E-state index contributed by atoms with van der Waals surface area (Å²) in [5, 5.41) is 13.6. The van der Waals surface area contributed by atoms with Gasteiger partial charge in [0.15, 0.2) is 0 Å². The molecule has 0 aliphatic heterocycles. The van der Waals surface area contributed by atoms with E-state index in [-0.39, 0.29) is 17.2 Å². The lowest BCUT2D eigenvalue weighted by Crippen LogP contribution is -2.18. The molecule has 2 aromatic carbocycles. The highest BCUT2D eigenvalue weighted by Crippen LogP contribution is 2.17. The molecule has 24 heavy (non-hydrogen) atoms. The third kappa shape index (κ3) is 4.95. The smallest absolute Gasteiger partial charge is 0.275 e. The Morgan fingerprint density at radius 1 is 1.12 bits per heavy atom. The molecule has 126 valence electrons. The number of benzene rings is 2. The minimum absolute atomic E-state index is 0.0523. The summed E-state index contributed by atoms with van der Waals surface area (Å²) in [6.07, 6.45) is 2.57. The fraction of sp³-hybridized carbons (Fsp3) is 0.300. The van der Waals surface area contributed by atoms with Crippen LogP contribution in [0.4, 0.5) is 0 Å². The Hall–Kier alpha value is -2.62. The molecule has 0 saturated carbocycles. The van der Waals surface area contributed by atoms with Gasteiger partial charge >= 0.3 is 0 Å². The Kier molecular flexibility index (Phi) is 6.13. The van der Waals surface area contributed by atoms with Crippen molar-refractivity contribution in [2.24, 2.45) is 11.0 Å². The topological polar surface area (TPSA) is 61.7 Å². The van der Waals surface area contributed by atoms with Crippen LogP contribution in [0, 0.1) is 5.92 Å². The second-order valence-electron chi connectivity index (χ2n) is 6.31. The van der Waals surface area contributed by atoms with E-state index in [0.717, 1.165) is 6.42 Å². The van der Waals surface area contributed by atoms with Crippen LogP contribution in [0.1, 0.15) is 48.2 Å². The van der Waals surface area contributed by atoms with Gasteiger partial charge in [0.2, 0.25) is 0 Å². The average Bonchev–Trinajstić information content (AvgIpc) is 2.55. The summed E-state index contributed by atoms with van der Waals surface area (Å²) >= 11 is 0. The van der Waals surface area contributed by atoms with E-state index in [9.17, 15) is 9.90 Å². The molecule has 0 radical (unpaired) electrons. The highest BCUT2D eigenvalue weighted by Gasteiger charge is 2.09. The van der Waals surface area contributed by atoms with E-state index in [2.05, 4.69) is 48.6 Å². The molecule has 0 spiro atoms. The maximum Gasteiger partial charge on any atom is 0.275 e. The molecule has 0 aliphatic carbocycles. The number of carbonyl (C=O) groups is 1. The summed E-state index contributed by atoms with van der Waals surface area (Å²) in [7, 11) is 0. The number of aromatic hydroxyl groups is 1. The molecular formula is C20H24N2O2. The van der Waals surface area contributed by atoms with Crippen molar-refractivity contribution in [3.63, 3.8) is 0 Å². The Balaban J connectivity index is 1.87. The van der Waals surface area contributed by atoms with E-state index >= 15 is 0 Å². The van der Waals surface area contributed by atoms with Crippen molar-refractivity contribution in [2.45, 2.75) is 33.1 Å². The predicted octanol–water partition coefficient (Wildman–Crippen LogP) is 4.11. The van der Waals surface area contributed by atoms with Gasteiger partial charge in [-0.1, -0.05) is 57.2 Å². The Morgan fingerprint density at radius 3 is 2.42 bits per heavy atom. The lowest BCUT2D eigenvalue weighted by Gasteiger charge is -2.09. The predicted molar refractivity (Wildman–Crippen MR) is 97.5 cm³/mol. The number of hydrazone groups is 1. The summed E-state index contributed by atoms with van der Waals surface area (Å²) < 4.78 is 0. The van der Waals surface area contributed by atoms with Crippen molar-refractivity contribution in [3.05, 3.63) is 65.2 Å². The number of nitrogens with zero attached hydrogens (tertiary/aromatic N) is 1. The van der Waals surface area contributed by atoms with Crippen molar-refractivity contribution in [1.29, 1.82) is 0 Å². The Bertz CT molecular complexity index is 706. The molecule has 2 aromatic rings. The largest absolute Gasteiger partial charge is 0.507 e. The third-order valence-electron chi connectivity index (χ3n) is 3.85. The normalized spacial score (nSPS) is 12.5. The number of para-hydroxylation sites is 1. The molecule has 1 unspecified atom stereocenters. The van der Waals surface area contributed by atoms with Crippen LogP contribution in [0.2, 0.25) is 0 Å². The molecule has 2 N–H and O–H groups in total. The van der Waals surface area contributed by atoms with Crippen LogP contribution in [0.25, 0.3) is 0 Å². The minimum atomic E-state index is -0.419. The van der Waals surface area contributed by atoms with Gasteiger partial charge in [-0.2, -0.15) is 5.10 Å². The van der Waals surface area contributed by atoms with Crippen molar-refractivity contribution >= 4 is 12.1 Å². The molecule has 4 heteroatoms. The fourth-order valence-corrected chi connectivity index (χ4v) is 2.41. The summed E-state index contributed by atoms with van der Waals surface area (Å²) in [5.41, 5.74) is 5.24. The van der Waals surface area contributed by atoms with Gasteiger partial charge in [-0.25, -0.2) is 5.43 Å². The number of phenols is 1. The molecule has 0 fully saturated rings. The van der Waals surface area contributed by atoms with Crippen LogP contribution in [0.3, 0.4) is 0 Å². The highest BCUT2D eigenvalue weighted by molar-refractivity contribution is 5.96. The van der Waals surface area contributed by atoms with Gasteiger partial charge in [0.05, 0.1) is 5.56 Å². The number of amides is 1. The van der Waals surface area contributed by atoms with E-state index in [4.69, 9.17) is 0 Å². The fourth-order valence-electron chi connectivity index (χ4n) is 2.41. The van der Waals surface area contributed by atoms with Gasteiger partial charge in [-0.15, -0.1) is 0 Å². The molecule has 0 saturated heterocycles. The van der Waals surface area contributed by atoms with Crippen molar-refractivity contribution in [3.8, 4) is 5.75 Å². The molecule has 0 heterocycles. The molecule has 2 rings (SSSR count). The van der Waals surface area contributed by atoms with Crippen molar-refractivity contribution in [1.82, 2.24) is 5.43 Å². The van der Waals surface area contributed by atoms with Crippen LogP contribution in [0.5, 0.6) is 5.75 Å². The summed E-state index contributed by atoms with van der Waals surface area (Å²) in [5.74, 6) is 0.253. The first kappa shape index (κ1) is 17.7. The molecular weight excluding hydrogens is 300 g/mol. The van der Waals surface area contributed by atoms with E-state index < -0.39 is 5.91 Å². The van der Waals surface area contributed by atoms with Gasteiger partial charge in [-0.05, 0) is 41.5 Å². The van der Waals surface area contributed by atoms with E-state index in [1.54, 1.807) is 24.4 Å². The number of carbonyl (C=O) groups excluding carboxylic acids is 1. The first-order valence-electron chi connectivity index (χ1n) is 8.17. The zero-order valence-corrected chi connectivity index (χ0v) is 14.4. The third-order valence-corrected chi connectivity index (χ3v) is 3.85. The van der Waals surface area contributed by atoms with Crippen LogP contribution in [-0.4, -0.2) is 17.2 Å². The first-order valence-corrected chi connectivity index (χ1v) is 8.17. The van der Waals surface area contributed by atoms with E-state index in [1.807, 2.05) is 6.92 Å². The second kappa shape index (κ2) is 8.29. The van der Waals surface area contributed by atoms with Crippen LogP contribution < -0.4 is 5.43 Å². The van der Waals surface area contributed by atoms with Gasteiger partial charge in [0.1, 0.15) is 5.75 Å². The van der Waals surface area contributed by atoms with Crippen molar-refractivity contribution in [2.75, 3.05) is 0 Å². The van der Waals surface area contributed by atoms with E-state index in [0.29, 0.717) is 5.92 Å². The number of hydrogen-bond acceptors (Lipinski definition) is 3. The van der Waals surface area contributed by atoms with Gasteiger partial charge in [0.25, 0.3) is 5.91 Å². The summed E-state index contributed by atoms with van der Waals surface area (Å²) in [6.45, 7) is 6.40. The van der Waals surface area contributed by atoms with Gasteiger partial charge < -0.3 is 5.11 Å². The number of rotatable bonds is 6. The quantitative estimate of drug-likeness (QED) is 0.620. The maximum absolute atomic E-state index is 11.9. The number of nitrogens with one attached hydrogen (secondary N) is 1. The Morgan fingerprint density at radius 2 is 1.79 bits per heavy atom. The summed E-state index contributed by atoms with van der Waals surface area (Å²) in [6, 6.07) is 15.0. The molecule has 0 aromatic heterocycles. The maximum atomic E-state index is 11.9. The van der Waals surface area contributed by atoms with Crippen LogP contribution >= 0.6 is 0 Å². The lowest BCUT2D eigenvalue weighted by atomic mass is 9.97. The molecule has 4 nitrogen and oxygen atoms in total. The Labute approximate surface area is 143 Å². The van der Waals surface area contributed by atoms with Crippen LogP contribution in [0.15, 0.2) is 53.6 Å². The zero-order chi connectivity index (χ0) is 17.5.